The predicted molar refractivity (Wildman–Crippen MR) is 107 cm³/mol. The largest absolute Gasteiger partial charge is 0.496 e. The summed E-state index contributed by atoms with van der Waals surface area (Å²) in [6.45, 7) is 1.81. The minimum absolute atomic E-state index is 0.0342. The van der Waals surface area contributed by atoms with Gasteiger partial charge in [-0.05, 0) is 24.3 Å². The highest BCUT2D eigenvalue weighted by Crippen LogP contribution is 2.34. The molecule has 0 saturated heterocycles. The highest BCUT2D eigenvalue weighted by Gasteiger charge is 2.32. The second-order valence-corrected chi connectivity index (χ2v) is 6.88. The van der Waals surface area contributed by atoms with Gasteiger partial charge < -0.3 is 9.62 Å². The quantitative estimate of drug-likeness (QED) is 0.122. The maximum absolute atomic E-state index is 13.2. The summed E-state index contributed by atoms with van der Waals surface area (Å²) in [5.74, 6) is 0.905. The number of halogens is 3. The van der Waals surface area contributed by atoms with Crippen LogP contribution in [-0.4, -0.2) is 28.5 Å². The van der Waals surface area contributed by atoms with Gasteiger partial charge in [0.15, 0.2) is 6.29 Å². The molecule has 2 heterocycles. The first-order valence-electron chi connectivity index (χ1n) is 8.74. The monoisotopic (exact) mass is 438 g/mol. The summed E-state index contributed by atoms with van der Waals surface area (Å²) < 4.78 is 50.9. The van der Waals surface area contributed by atoms with E-state index in [2.05, 4.69) is 4.98 Å². The number of benzene rings is 1. The molecule has 0 spiro atoms. The predicted octanol–water partition coefficient (Wildman–Crippen LogP) is 5.08. The maximum Gasteiger partial charge on any atom is 0.417 e. The minimum Gasteiger partial charge on any atom is -0.496 e. The molecule has 30 heavy (non-hydrogen) atoms. The number of nitrogens with zero attached hydrogens (tertiary/aromatic N) is 2. The van der Waals surface area contributed by atoms with Crippen molar-refractivity contribution in [1.29, 1.82) is 0 Å². The van der Waals surface area contributed by atoms with Gasteiger partial charge in [-0.3, -0.25) is 9.20 Å². The van der Waals surface area contributed by atoms with Crippen LogP contribution in [0.4, 0.5) is 13.2 Å². The van der Waals surface area contributed by atoms with Gasteiger partial charge in [-0.1, -0.05) is 25.1 Å². The molecule has 0 aliphatic carbocycles. The molecule has 0 N–H and O–H groups in total. The number of carbonyl (C=O) groups is 1. The first-order chi connectivity index (χ1) is 14.4. The third-order valence-electron chi connectivity index (χ3n) is 4.03. The smallest absolute Gasteiger partial charge is 0.417 e. The number of fused-ring (bicyclic) bond motifs is 1. The van der Waals surface area contributed by atoms with Crippen molar-refractivity contribution in [2.45, 2.75) is 13.1 Å². The number of imidazole rings is 1. The molecule has 3 aromatic rings. The second-order valence-electron chi connectivity index (χ2n) is 5.93. The number of alkyl halides is 3. The highest BCUT2D eigenvalue weighted by molar-refractivity contribution is 7.94. The summed E-state index contributed by atoms with van der Waals surface area (Å²) in [6.07, 6.45) is -1.67. The number of rotatable bonds is 8. The average Bonchev–Trinajstić information content (AvgIpc) is 3.09. The number of allylic oxidation sites excluding steroid dienone is 1. The molecule has 0 fully saturated rings. The molecule has 0 amide bonds. The first kappa shape index (κ1) is 21.7. The normalized spacial score (nSPS) is 12.2. The van der Waals surface area contributed by atoms with Gasteiger partial charge in [0.25, 0.3) is 5.88 Å². The number of carbonyl (C=O) groups excluding carboxylic acids is 1. The van der Waals surface area contributed by atoms with Crippen molar-refractivity contribution >= 4 is 35.6 Å². The topological polar surface area (TPSA) is 62.1 Å². The Hall–Kier alpha value is -2.98. The number of aldehydes is 1. The number of para-hydroxylation sites is 1. The Morgan fingerprint density at radius 2 is 2.00 bits per heavy atom. The van der Waals surface area contributed by atoms with Crippen molar-refractivity contribution < 1.29 is 31.9 Å². The zero-order valence-corrected chi connectivity index (χ0v) is 16.8. The van der Waals surface area contributed by atoms with E-state index in [1.807, 2.05) is 6.92 Å². The Morgan fingerprint density at radius 1 is 1.23 bits per heavy atom. The standard InChI is InChI=1S/C20H17F3N2O4S/c1-3-30-29-28-19-18(14(12-26)10-13-6-4-5-7-16(13)27-2)24-17-9-8-15(11-25(17)19)20(21,22)23/h4-12H,3H2,1-2H3/b14-10+. The van der Waals surface area contributed by atoms with E-state index >= 15 is 0 Å². The Balaban J connectivity index is 2.18. The van der Waals surface area contributed by atoms with E-state index < -0.39 is 11.7 Å². The van der Waals surface area contributed by atoms with Gasteiger partial charge in [0.05, 0.1) is 12.7 Å². The molecule has 0 aliphatic heterocycles. The lowest BCUT2D eigenvalue weighted by Crippen LogP contribution is -2.07. The van der Waals surface area contributed by atoms with Gasteiger partial charge >= 0.3 is 6.18 Å². The van der Waals surface area contributed by atoms with E-state index in [9.17, 15) is 18.0 Å². The van der Waals surface area contributed by atoms with Crippen LogP contribution in [0.25, 0.3) is 17.3 Å². The van der Waals surface area contributed by atoms with Crippen LogP contribution >= 0.6 is 12.0 Å². The van der Waals surface area contributed by atoms with E-state index in [-0.39, 0.29) is 22.8 Å². The molecule has 2 aromatic heterocycles. The Labute approximate surface area is 174 Å². The van der Waals surface area contributed by atoms with E-state index in [1.54, 1.807) is 24.3 Å². The lowest BCUT2D eigenvalue weighted by atomic mass is 10.1. The number of ether oxygens (including phenoxy) is 1. The Kier molecular flexibility index (Phi) is 6.68. The minimum atomic E-state index is -4.56. The van der Waals surface area contributed by atoms with Gasteiger partial charge in [-0.2, -0.15) is 13.2 Å². The van der Waals surface area contributed by atoms with E-state index in [1.165, 1.54) is 19.3 Å². The van der Waals surface area contributed by atoms with Crippen LogP contribution in [0, 0.1) is 0 Å². The fourth-order valence-electron chi connectivity index (χ4n) is 2.67. The van der Waals surface area contributed by atoms with Crippen LogP contribution in [0.5, 0.6) is 11.6 Å². The highest BCUT2D eigenvalue weighted by atomic mass is 32.2. The average molecular weight is 438 g/mol. The molecule has 10 heteroatoms. The van der Waals surface area contributed by atoms with Gasteiger partial charge in [-0.15, -0.1) is 4.33 Å². The van der Waals surface area contributed by atoms with Crippen molar-refractivity contribution in [3.8, 4) is 11.6 Å². The molecular weight excluding hydrogens is 421 g/mol. The van der Waals surface area contributed by atoms with Crippen molar-refractivity contribution in [2.24, 2.45) is 0 Å². The van der Waals surface area contributed by atoms with Crippen LogP contribution in [0.3, 0.4) is 0 Å². The summed E-state index contributed by atoms with van der Waals surface area (Å²) in [7, 11) is 1.49. The van der Waals surface area contributed by atoms with Crippen LogP contribution in [-0.2, 0) is 15.3 Å². The number of hydrogen-bond acceptors (Lipinski definition) is 6. The van der Waals surface area contributed by atoms with Crippen molar-refractivity contribution in [3.63, 3.8) is 0 Å². The van der Waals surface area contributed by atoms with Crippen molar-refractivity contribution in [3.05, 3.63) is 59.4 Å². The number of hydrogen-bond donors (Lipinski definition) is 0. The summed E-state index contributed by atoms with van der Waals surface area (Å²) in [5, 5.41) is 0. The van der Waals surface area contributed by atoms with E-state index in [0.29, 0.717) is 23.4 Å². The van der Waals surface area contributed by atoms with Crippen molar-refractivity contribution in [1.82, 2.24) is 9.38 Å². The molecule has 0 atom stereocenters. The molecular formula is C20H17F3N2O4S. The van der Waals surface area contributed by atoms with Gasteiger partial charge in [0.2, 0.25) is 0 Å². The van der Waals surface area contributed by atoms with E-state index in [4.69, 9.17) is 14.0 Å². The maximum atomic E-state index is 13.2. The Morgan fingerprint density at radius 3 is 2.67 bits per heavy atom. The van der Waals surface area contributed by atoms with Crippen LogP contribution in [0.15, 0.2) is 42.6 Å². The van der Waals surface area contributed by atoms with Crippen LogP contribution < -0.4 is 9.62 Å². The summed E-state index contributed by atoms with van der Waals surface area (Å²) >= 11 is 0.949. The summed E-state index contributed by atoms with van der Waals surface area (Å²) in [5.41, 5.74) is -0.0343. The molecule has 0 radical (unpaired) electrons. The molecule has 1 aromatic carbocycles. The third-order valence-corrected chi connectivity index (χ3v) is 4.43. The number of aromatic nitrogens is 2. The molecule has 0 unspecified atom stereocenters. The van der Waals surface area contributed by atoms with E-state index in [0.717, 1.165) is 28.7 Å². The Bertz CT molecular complexity index is 1080. The molecule has 0 bridgehead atoms. The zero-order chi connectivity index (χ0) is 21.7. The summed E-state index contributed by atoms with van der Waals surface area (Å²) in [4.78, 5) is 21.4. The third kappa shape index (κ3) is 4.60. The van der Waals surface area contributed by atoms with Crippen molar-refractivity contribution in [2.75, 3.05) is 12.9 Å². The zero-order valence-electron chi connectivity index (χ0n) is 16.0. The van der Waals surface area contributed by atoms with Gasteiger partial charge in [0, 0.05) is 35.1 Å². The molecule has 6 nitrogen and oxygen atoms in total. The molecule has 158 valence electrons. The first-order valence-corrected chi connectivity index (χ1v) is 9.65. The number of pyridine rings is 1. The fourth-order valence-corrected chi connectivity index (χ4v) is 2.88. The second kappa shape index (κ2) is 9.23. The SMILES string of the molecule is CCSOOc1c(/C(C=O)=C/c2ccccc2OC)nc2ccc(C(F)(F)F)cn12. The van der Waals surface area contributed by atoms with Gasteiger partial charge in [-0.25, -0.2) is 4.98 Å². The lowest BCUT2D eigenvalue weighted by molar-refractivity contribution is -0.138. The summed E-state index contributed by atoms with van der Waals surface area (Å²) in [6, 6.07) is 9.06. The fraction of sp³-hybridized carbons (Fsp3) is 0.200. The van der Waals surface area contributed by atoms with Crippen LogP contribution in [0.1, 0.15) is 23.7 Å². The number of methoxy groups -OCH3 is 1. The van der Waals surface area contributed by atoms with Gasteiger partial charge in [0.1, 0.15) is 17.1 Å². The molecule has 0 aliphatic rings. The lowest BCUT2D eigenvalue weighted by Gasteiger charge is -2.09. The molecule has 3 rings (SSSR count). The van der Waals surface area contributed by atoms with Crippen LogP contribution in [0.2, 0.25) is 0 Å². The molecule has 0 saturated carbocycles.